The first-order valence-corrected chi connectivity index (χ1v) is 10.8. The number of rotatable bonds is 8. The molecule has 8 heteroatoms. The van der Waals surface area contributed by atoms with Gasteiger partial charge in [0.15, 0.2) is 6.61 Å². The molecule has 4 aromatic rings. The van der Waals surface area contributed by atoms with Crippen molar-refractivity contribution >= 4 is 39.0 Å². The lowest BCUT2D eigenvalue weighted by molar-refractivity contribution is -0.123. The number of nitrogens with one attached hydrogen (secondary N) is 1. The van der Waals surface area contributed by atoms with Crippen LogP contribution < -0.4 is 14.9 Å². The fourth-order valence-corrected chi connectivity index (χ4v) is 3.54. The molecule has 1 aromatic heterocycles. The van der Waals surface area contributed by atoms with Crippen LogP contribution in [-0.4, -0.2) is 23.7 Å². The topological polar surface area (TPSA) is 72.8 Å². The Morgan fingerprint density at radius 2 is 1.88 bits per heavy atom. The molecule has 0 atom stereocenters. The normalized spacial score (nSPS) is 11.0. The Morgan fingerprint density at radius 3 is 2.73 bits per heavy atom. The van der Waals surface area contributed by atoms with Crippen LogP contribution in [0.3, 0.4) is 0 Å². The van der Waals surface area contributed by atoms with Crippen LogP contribution in [-0.2, 0) is 11.4 Å². The summed E-state index contributed by atoms with van der Waals surface area (Å²) >= 11 is 3.44. The smallest absolute Gasteiger partial charge is 0.277 e. The zero-order valence-corrected chi connectivity index (χ0v) is 19.0. The third-order valence-corrected chi connectivity index (χ3v) is 5.27. The molecule has 0 aliphatic heterocycles. The molecule has 1 amide bonds. The van der Waals surface area contributed by atoms with Crippen molar-refractivity contribution in [3.63, 3.8) is 0 Å². The van der Waals surface area contributed by atoms with E-state index >= 15 is 0 Å². The van der Waals surface area contributed by atoms with E-state index in [1.165, 1.54) is 12.3 Å². The number of amides is 1. The minimum absolute atomic E-state index is 0.112. The summed E-state index contributed by atoms with van der Waals surface area (Å²) in [6.45, 7) is -0.0828. The zero-order valence-electron chi connectivity index (χ0n) is 17.4. The van der Waals surface area contributed by atoms with Crippen LogP contribution in [0.5, 0.6) is 11.5 Å². The summed E-state index contributed by atoms with van der Waals surface area (Å²) in [4.78, 5) is 16.4. The van der Waals surface area contributed by atoms with Crippen LogP contribution in [0.15, 0.2) is 88.6 Å². The lowest BCUT2D eigenvalue weighted by Crippen LogP contribution is -2.24. The molecule has 0 saturated heterocycles. The van der Waals surface area contributed by atoms with Gasteiger partial charge in [-0.05, 0) is 57.9 Å². The first kappa shape index (κ1) is 22.4. The van der Waals surface area contributed by atoms with Crippen molar-refractivity contribution in [3.05, 3.63) is 100 Å². The second kappa shape index (κ2) is 10.7. The first-order chi connectivity index (χ1) is 16.1. The van der Waals surface area contributed by atoms with E-state index in [0.29, 0.717) is 27.1 Å². The number of nitrogens with zero attached hydrogens (tertiary/aromatic N) is 2. The molecule has 0 aliphatic carbocycles. The van der Waals surface area contributed by atoms with Gasteiger partial charge in [-0.25, -0.2) is 9.82 Å². The van der Waals surface area contributed by atoms with E-state index in [4.69, 9.17) is 9.47 Å². The Kier molecular flexibility index (Phi) is 7.26. The van der Waals surface area contributed by atoms with E-state index in [1.54, 1.807) is 48.7 Å². The number of carbonyl (C=O) groups is 1. The van der Waals surface area contributed by atoms with Crippen molar-refractivity contribution in [1.82, 2.24) is 10.4 Å². The minimum atomic E-state index is -0.400. The lowest BCUT2D eigenvalue weighted by Gasteiger charge is -2.09. The predicted octanol–water partition coefficient (Wildman–Crippen LogP) is 5.24. The number of hydrazone groups is 1. The summed E-state index contributed by atoms with van der Waals surface area (Å²) in [5.41, 5.74) is 4.33. The third kappa shape index (κ3) is 5.93. The predicted molar refractivity (Wildman–Crippen MR) is 128 cm³/mol. The van der Waals surface area contributed by atoms with Gasteiger partial charge in [0.25, 0.3) is 5.91 Å². The largest absolute Gasteiger partial charge is 0.488 e. The van der Waals surface area contributed by atoms with Crippen LogP contribution in [0, 0.1) is 5.82 Å². The molecule has 0 bridgehead atoms. The van der Waals surface area contributed by atoms with E-state index in [2.05, 4.69) is 31.4 Å². The van der Waals surface area contributed by atoms with Gasteiger partial charge in [-0.1, -0.05) is 36.4 Å². The van der Waals surface area contributed by atoms with Crippen LogP contribution in [0.1, 0.15) is 11.1 Å². The molecular weight excluding hydrogens is 489 g/mol. The highest BCUT2D eigenvalue weighted by Crippen LogP contribution is 2.27. The average molecular weight is 508 g/mol. The van der Waals surface area contributed by atoms with Crippen molar-refractivity contribution in [2.24, 2.45) is 5.10 Å². The second-order valence-corrected chi connectivity index (χ2v) is 7.84. The van der Waals surface area contributed by atoms with Gasteiger partial charge in [-0.3, -0.25) is 9.78 Å². The average Bonchev–Trinajstić information content (AvgIpc) is 2.83. The Bertz CT molecular complexity index is 1310. The van der Waals surface area contributed by atoms with Crippen molar-refractivity contribution < 1.29 is 18.7 Å². The Hall–Kier alpha value is -3.78. The Morgan fingerprint density at radius 1 is 1.03 bits per heavy atom. The quantitative estimate of drug-likeness (QED) is 0.261. The Balaban J connectivity index is 1.29. The van der Waals surface area contributed by atoms with Crippen LogP contribution in [0.4, 0.5) is 4.39 Å². The molecule has 166 valence electrons. The highest BCUT2D eigenvalue weighted by Gasteiger charge is 2.07. The molecule has 0 aliphatic rings. The van der Waals surface area contributed by atoms with Crippen LogP contribution in [0.2, 0.25) is 0 Å². The summed E-state index contributed by atoms with van der Waals surface area (Å²) in [7, 11) is 0. The summed E-state index contributed by atoms with van der Waals surface area (Å²) < 4.78 is 25.7. The molecule has 4 rings (SSSR count). The monoisotopic (exact) mass is 507 g/mol. The van der Waals surface area contributed by atoms with Crippen LogP contribution in [0.25, 0.3) is 10.9 Å². The molecule has 0 unspecified atom stereocenters. The number of hydrogen-bond acceptors (Lipinski definition) is 5. The van der Waals surface area contributed by atoms with Gasteiger partial charge in [-0.15, -0.1) is 0 Å². The molecule has 1 heterocycles. The molecule has 6 nitrogen and oxygen atoms in total. The number of hydrogen-bond donors (Lipinski definition) is 1. The van der Waals surface area contributed by atoms with Gasteiger partial charge in [0, 0.05) is 17.1 Å². The highest BCUT2D eigenvalue weighted by atomic mass is 79.9. The maximum atomic E-state index is 13.7. The van der Waals surface area contributed by atoms with Crippen molar-refractivity contribution in [1.29, 1.82) is 0 Å². The molecule has 1 N–H and O–H groups in total. The molecular formula is C25H19BrFN3O3. The second-order valence-electron chi connectivity index (χ2n) is 6.98. The minimum Gasteiger partial charge on any atom is -0.488 e. The highest BCUT2D eigenvalue weighted by molar-refractivity contribution is 9.10. The number of pyridine rings is 1. The molecule has 0 saturated carbocycles. The van der Waals surface area contributed by atoms with Gasteiger partial charge in [0.05, 0.1) is 10.7 Å². The number of aromatic nitrogens is 1. The lowest BCUT2D eigenvalue weighted by atomic mass is 10.2. The van der Waals surface area contributed by atoms with Crippen molar-refractivity contribution in [2.75, 3.05) is 6.61 Å². The maximum absolute atomic E-state index is 13.7. The van der Waals surface area contributed by atoms with E-state index in [1.807, 2.05) is 24.3 Å². The number of fused-ring (bicyclic) bond motifs is 1. The summed E-state index contributed by atoms with van der Waals surface area (Å²) in [5.74, 6) is 0.385. The zero-order chi connectivity index (χ0) is 23.0. The molecule has 0 radical (unpaired) electrons. The maximum Gasteiger partial charge on any atom is 0.277 e. The van der Waals surface area contributed by atoms with E-state index in [0.717, 1.165) is 10.9 Å². The summed E-state index contributed by atoms with van der Waals surface area (Å²) in [6, 6.07) is 21.1. The molecule has 3 aromatic carbocycles. The SMILES string of the molecule is O=C(COc1cccc2cccnc12)N/N=C/c1ccc(OCc2ccccc2F)c(Br)c1. The fraction of sp³-hybridized carbons (Fsp3) is 0.0800. The van der Waals surface area contributed by atoms with Crippen LogP contribution >= 0.6 is 15.9 Å². The van der Waals surface area contributed by atoms with Gasteiger partial charge < -0.3 is 9.47 Å². The molecule has 33 heavy (non-hydrogen) atoms. The van der Waals surface area contributed by atoms with Crippen molar-refractivity contribution in [2.45, 2.75) is 6.61 Å². The third-order valence-electron chi connectivity index (χ3n) is 4.65. The van der Waals surface area contributed by atoms with Gasteiger partial charge in [0.2, 0.25) is 0 Å². The summed E-state index contributed by atoms with van der Waals surface area (Å²) in [6.07, 6.45) is 3.18. The van der Waals surface area contributed by atoms with Gasteiger partial charge in [0.1, 0.15) is 29.4 Å². The van der Waals surface area contributed by atoms with E-state index in [9.17, 15) is 9.18 Å². The number of ether oxygens (including phenoxy) is 2. The number of benzene rings is 3. The van der Waals surface area contributed by atoms with E-state index < -0.39 is 5.91 Å². The van der Waals surface area contributed by atoms with Gasteiger partial charge >= 0.3 is 0 Å². The first-order valence-electron chi connectivity index (χ1n) is 10.0. The number of para-hydroxylation sites is 1. The van der Waals surface area contributed by atoms with Crippen molar-refractivity contribution in [3.8, 4) is 11.5 Å². The number of carbonyl (C=O) groups excluding carboxylic acids is 1. The van der Waals surface area contributed by atoms with Gasteiger partial charge in [-0.2, -0.15) is 5.10 Å². The standard InChI is InChI=1S/C25H19BrFN3O3/c26-20-13-17(10-11-22(20)32-15-19-5-1-2-8-21(19)27)14-29-30-24(31)16-33-23-9-3-6-18-7-4-12-28-25(18)23/h1-14H,15-16H2,(H,30,31)/b29-14+. The fourth-order valence-electron chi connectivity index (χ4n) is 3.03. The number of halogens is 2. The van der Waals surface area contributed by atoms with E-state index in [-0.39, 0.29) is 19.0 Å². The molecule has 0 spiro atoms. The molecule has 0 fully saturated rings. The summed E-state index contributed by atoms with van der Waals surface area (Å²) in [5, 5.41) is 4.89. The Labute approximate surface area is 198 Å².